The maximum absolute atomic E-state index is 14.6. The molecule has 3 rings (SSSR count). The Bertz CT molecular complexity index is 1260. The van der Waals surface area contributed by atoms with Crippen LogP contribution in [0.4, 0.5) is 30.7 Å². The molecular formula is C18H11F7N2O2S. The number of halogens is 7. The van der Waals surface area contributed by atoms with Crippen molar-refractivity contribution in [2.75, 3.05) is 6.26 Å². The number of hydrogen-bond acceptors (Lipinski definition) is 3. The molecule has 2 aromatic carbocycles. The summed E-state index contributed by atoms with van der Waals surface area (Å²) in [5.41, 5.74) is -4.04. The number of nitrogens with zero attached hydrogens (tertiary/aromatic N) is 2. The number of alkyl halides is 3. The fourth-order valence-electron chi connectivity index (χ4n) is 2.70. The standard InChI is InChI=1S/C18H11F7N2O2S/c1-8-3-11(20)9(4-10(8)19)14-7-17(18(23,24)25)26-27(14)15-5-13(22)16(6-12(15)21)30(2,28)29/h3-7H,1-2H3. The van der Waals surface area contributed by atoms with Crippen LogP contribution in [0.5, 0.6) is 0 Å². The summed E-state index contributed by atoms with van der Waals surface area (Å²) in [5, 5.41) is 3.16. The second-order valence-electron chi connectivity index (χ2n) is 6.41. The Hall–Kier alpha value is -2.89. The van der Waals surface area contributed by atoms with Gasteiger partial charge in [-0.25, -0.2) is 30.7 Å². The molecule has 160 valence electrons. The molecule has 0 aliphatic rings. The first-order valence-corrected chi connectivity index (χ1v) is 9.92. The third kappa shape index (κ3) is 3.91. The van der Waals surface area contributed by atoms with Crippen LogP contribution in [0, 0.1) is 30.2 Å². The van der Waals surface area contributed by atoms with Crippen molar-refractivity contribution < 1.29 is 39.2 Å². The van der Waals surface area contributed by atoms with E-state index in [-0.39, 0.29) is 16.3 Å². The number of aromatic nitrogens is 2. The summed E-state index contributed by atoms with van der Waals surface area (Å²) in [6.45, 7) is 1.22. The van der Waals surface area contributed by atoms with E-state index in [1.165, 1.54) is 6.92 Å². The van der Waals surface area contributed by atoms with E-state index in [0.29, 0.717) is 24.5 Å². The van der Waals surface area contributed by atoms with Crippen LogP contribution in [0.15, 0.2) is 35.2 Å². The lowest BCUT2D eigenvalue weighted by Gasteiger charge is -2.12. The van der Waals surface area contributed by atoms with E-state index in [2.05, 4.69) is 5.10 Å². The van der Waals surface area contributed by atoms with Crippen LogP contribution in [0.3, 0.4) is 0 Å². The highest BCUT2D eigenvalue weighted by Crippen LogP contribution is 2.35. The lowest BCUT2D eigenvalue weighted by Crippen LogP contribution is -2.10. The molecule has 0 spiro atoms. The maximum atomic E-state index is 14.6. The molecule has 0 unspecified atom stereocenters. The van der Waals surface area contributed by atoms with Gasteiger partial charge >= 0.3 is 6.18 Å². The maximum Gasteiger partial charge on any atom is 0.435 e. The molecule has 1 heterocycles. The van der Waals surface area contributed by atoms with E-state index >= 15 is 0 Å². The fourth-order valence-corrected chi connectivity index (χ4v) is 3.43. The molecule has 0 N–H and O–H groups in total. The van der Waals surface area contributed by atoms with Gasteiger partial charge in [0.15, 0.2) is 15.5 Å². The SMILES string of the molecule is Cc1cc(F)c(-c2cc(C(F)(F)F)nn2-c2cc(F)c(S(C)(=O)=O)cc2F)cc1F. The van der Waals surface area contributed by atoms with Crippen molar-refractivity contribution in [2.24, 2.45) is 0 Å². The first-order valence-electron chi connectivity index (χ1n) is 8.03. The second kappa shape index (κ2) is 7.11. The van der Waals surface area contributed by atoms with E-state index in [0.717, 1.165) is 6.07 Å². The molecule has 0 aliphatic heterocycles. The Morgan fingerprint density at radius 2 is 1.50 bits per heavy atom. The minimum absolute atomic E-state index is 0.131. The summed E-state index contributed by atoms with van der Waals surface area (Å²) >= 11 is 0. The fraction of sp³-hybridized carbons (Fsp3) is 0.167. The van der Waals surface area contributed by atoms with Crippen LogP contribution in [0.25, 0.3) is 16.9 Å². The normalized spacial score (nSPS) is 12.4. The average molecular weight is 452 g/mol. The van der Waals surface area contributed by atoms with Gasteiger partial charge in [0.05, 0.1) is 5.69 Å². The Balaban J connectivity index is 2.35. The lowest BCUT2D eigenvalue weighted by molar-refractivity contribution is -0.141. The predicted octanol–water partition coefficient (Wildman–Crippen LogP) is 4.83. The summed E-state index contributed by atoms with van der Waals surface area (Å²) in [7, 11) is -4.19. The molecule has 30 heavy (non-hydrogen) atoms. The number of sulfone groups is 1. The molecule has 0 radical (unpaired) electrons. The van der Waals surface area contributed by atoms with Gasteiger partial charge in [-0.3, -0.25) is 0 Å². The number of rotatable bonds is 3. The van der Waals surface area contributed by atoms with Crippen LogP contribution in [-0.4, -0.2) is 24.5 Å². The van der Waals surface area contributed by atoms with E-state index in [9.17, 15) is 39.2 Å². The average Bonchev–Trinajstić information content (AvgIpc) is 3.04. The molecule has 1 aromatic heterocycles. The van der Waals surface area contributed by atoms with Crippen LogP contribution in [0.1, 0.15) is 11.3 Å². The minimum Gasteiger partial charge on any atom is -0.229 e. The molecule has 0 aliphatic carbocycles. The van der Waals surface area contributed by atoms with E-state index in [1.807, 2.05) is 0 Å². The molecule has 0 amide bonds. The first-order chi connectivity index (χ1) is 13.7. The topological polar surface area (TPSA) is 52.0 Å². The molecule has 0 saturated carbocycles. The second-order valence-corrected chi connectivity index (χ2v) is 8.40. The van der Waals surface area contributed by atoms with E-state index in [1.54, 1.807) is 0 Å². The van der Waals surface area contributed by atoms with Crippen molar-refractivity contribution in [3.8, 4) is 16.9 Å². The summed E-state index contributed by atoms with van der Waals surface area (Å²) in [4.78, 5) is -1.03. The van der Waals surface area contributed by atoms with Crippen molar-refractivity contribution >= 4 is 9.84 Å². The molecular weight excluding hydrogens is 441 g/mol. The van der Waals surface area contributed by atoms with Gasteiger partial charge in [-0.15, -0.1) is 0 Å². The summed E-state index contributed by atoms with van der Waals surface area (Å²) < 4.78 is 120. The van der Waals surface area contributed by atoms with Crippen molar-refractivity contribution in [3.05, 3.63) is 64.9 Å². The van der Waals surface area contributed by atoms with Gasteiger partial charge in [0, 0.05) is 17.9 Å². The summed E-state index contributed by atoms with van der Waals surface area (Å²) in [5.74, 6) is -4.98. The van der Waals surface area contributed by atoms with Crippen LogP contribution in [0.2, 0.25) is 0 Å². The number of hydrogen-bond donors (Lipinski definition) is 0. The Kier molecular flexibility index (Phi) is 5.17. The van der Waals surface area contributed by atoms with Gasteiger partial charge in [0.2, 0.25) is 0 Å². The van der Waals surface area contributed by atoms with Crippen LogP contribution >= 0.6 is 0 Å². The van der Waals surface area contributed by atoms with Gasteiger partial charge < -0.3 is 0 Å². The van der Waals surface area contributed by atoms with Crippen LogP contribution < -0.4 is 0 Å². The predicted molar refractivity (Wildman–Crippen MR) is 91.7 cm³/mol. The largest absolute Gasteiger partial charge is 0.435 e. The molecule has 4 nitrogen and oxygen atoms in total. The third-order valence-electron chi connectivity index (χ3n) is 4.15. The smallest absolute Gasteiger partial charge is 0.229 e. The van der Waals surface area contributed by atoms with Crippen molar-refractivity contribution in [3.63, 3.8) is 0 Å². The molecule has 0 bridgehead atoms. The van der Waals surface area contributed by atoms with Crippen molar-refractivity contribution in [2.45, 2.75) is 18.0 Å². The molecule has 0 fully saturated rings. The van der Waals surface area contributed by atoms with Gasteiger partial charge in [-0.2, -0.15) is 18.3 Å². The monoisotopic (exact) mass is 452 g/mol. The van der Waals surface area contributed by atoms with Crippen molar-refractivity contribution in [1.29, 1.82) is 0 Å². The molecule has 3 aromatic rings. The number of aryl methyl sites for hydroxylation is 1. The highest BCUT2D eigenvalue weighted by atomic mass is 32.2. The summed E-state index contributed by atoms with van der Waals surface area (Å²) in [6, 6.07) is 2.24. The zero-order valence-corrected chi connectivity index (χ0v) is 16.0. The highest BCUT2D eigenvalue weighted by molar-refractivity contribution is 7.90. The van der Waals surface area contributed by atoms with Gasteiger partial charge in [-0.05, 0) is 36.8 Å². The highest BCUT2D eigenvalue weighted by Gasteiger charge is 2.36. The Morgan fingerprint density at radius 1 is 0.867 bits per heavy atom. The van der Waals surface area contributed by atoms with Crippen molar-refractivity contribution in [1.82, 2.24) is 9.78 Å². The lowest BCUT2D eigenvalue weighted by atomic mass is 10.1. The first kappa shape index (κ1) is 21.8. The zero-order chi connectivity index (χ0) is 22.6. The molecule has 0 atom stereocenters. The number of benzene rings is 2. The zero-order valence-electron chi connectivity index (χ0n) is 15.2. The summed E-state index contributed by atoms with van der Waals surface area (Å²) in [6.07, 6.45) is -4.43. The van der Waals surface area contributed by atoms with Gasteiger partial charge in [0.25, 0.3) is 0 Å². The van der Waals surface area contributed by atoms with E-state index in [4.69, 9.17) is 0 Å². The third-order valence-corrected chi connectivity index (χ3v) is 5.26. The Labute approximate surface area is 165 Å². The molecule has 0 saturated heterocycles. The van der Waals surface area contributed by atoms with E-state index < -0.39 is 66.8 Å². The van der Waals surface area contributed by atoms with Gasteiger partial charge in [-0.1, -0.05) is 0 Å². The Morgan fingerprint density at radius 3 is 2.07 bits per heavy atom. The minimum atomic E-state index is -5.04. The van der Waals surface area contributed by atoms with Gasteiger partial charge in [0.1, 0.15) is 33.9 Å². The van der Waals surface area contributed by atoms with Crippen LogP contribution in [-0.2, 0) is 16.0 Å². The quantitative estimate of drug-likeness (QED) is 0.536. The molecule has 12 heteroatoms.